The first-order valence-electron chi connectivity index (χ1n) is 9.07. The van der Waals surface area contributed by atoms with Crippen LogP contribution in [0.4, 0.5) is 0 Å². The van der Waals surface area contributed by atoms with Gasteiger partial charge < -0.3 is 9.80 Å². The van der Waals surface area contributed by atoms with Crippen LogP contribution in [0.3, 0.4) is 0 Å². The Morgan fingerprint density at radius 3 is 2.25 bits per heavy atom. The molecule has 0 bridgehead atoms. The van der Waals surface area contributed by atoms with Gasteiger partial charge in [0.1, 0.15) is 0 Å². The van der Waals surface area contributed by atoms with Crippen LogP contribution in [0, 0.1) is 12.8 Å². The zero-order chi connectivity index (χ0) is 17.5. The van der Waals surface area contributed by atoms with E-state index in [1.165, 1.54) is 11.1 Å². The van der Waals surface area contributed by atoms with Gasteiger partial charge in [0.05, 0.1) is 0 Å². The summed E-state index contributed by atoms with van der Waals surface area (Å²) >= 11 is 0. The lowest BCUT2D eigenvalue weighted by Gasteiger charge is -2.23. The Kier molecular flexibility index (Phi) is 6.83. The number of benzene rings is 1. The highest BCUT2D eigenvalue weighted by molar-refractivity contribution is 5.78. The van der Waals surface area contributed by atoms with Gasteiger partial charge in [0, 0.05) is 39.0 Å². The number of amides is 2. The van der Waals surface area contributed by atoms with E-state index < -0.39 is 0 Å². The second kappa shape index (κ2) is 8.86. The molecule has 4 nitrogen and oxygen atoms in total. The highest BCUT2D eigenvalue weighted by atomic mass is 16.2. The Labute approximate surface area is 145 Å². The van der Waals surface area contributed by atoms with Gasteiger partial charge in [0.2, 0.25) is 11.8 Å². The molecule has 0 saturated carbocycles. The average molecular weight is 330 g/mol. The first kappa shape index (κ1) is 18.5. The van der Waals surface area contributed by atoms with Crippen molar-refractivity contribution in [2.24, 2.45) is 5.92 Å². The Hall–Kier alpha value is -1.84. The maximum Gasteiger partial charge on any atom is 0.222 e. The first-order chi connectivity index (χ1) is 11.5. The molecule has 1 fully saturated rings. The van der Waals surface area contributed by atoms with Crippen LogP contribution in [0.2, 0.25) is 0 Å². The van der Waals surface area contributed by atoms with E-state index in [1.807, 2.05) is 21.9 Å². The predicted octanol–water partition coefficient (Wildman–Crippen LogP) is 3.03. The van der Waals surface area contributed by atoms with Gasteiger partial charge in [-0.05, 0) is 36.8 Å². The van der Waals surface area contributed by atoms with E-state index in [2.05, 4.69) is 32.9 Å². The molecule has 0 radical (unpaired) electrons. The molecule has 2 rings (SSSR count). The minimum atomic E-state index is 0.205. The molecule has 0 unspecified atom stereocenters. The van der Waals surface area contributed by atoms with Gasteiger partial charge in [-0.1, -0.05) is 38.1 Å². The van der Waals surface area contributed by atoms with Crippen molar-refractivity contribution < 1.29 is 9.59 Å². The highest BCUT2D eigenvalue weighted by Gasteiger charge is 2.22. The summed E-state index contributed by atoms with van der Waals surface area (Å²) in [7, 11) is 0. The fraction of sp³-hybridized carbons (Fsp3) is 0.600. The van der Waals surface area contributed by atoms with E-state index in [1.54, 1.807) is 0 Å². The van der Waals surface area contributed by atoms with Crippen molar-refractivity contribution in [2.75, 3.05) is 26.2 Å². The number of aryl methyl sites for hydroxylation is 2. The third-order valence-corrected chi connectivity index (χ3v) is 4.65. The smallest absolute Gasteiger partial charge is 0.222 e. The summed E-state index contributed by atoms with van der Waals surface area (Å²) in [5.74, 6) is 0.809. The van der Waals surface area contributed by atoms with Crippen LogP contribution in [0.15, 0.2) is 24.3 Å². The van der Waals surface area contributed by atoms with E-state index in [0.29, 0.717) is 31.8 Å². The zero-order valence-electron chi connectivity index (χ0n) is 15.3. The zero-order valence-corrected chi connectivity index (χ0v) is 15.3. The van der Waals surface area contributed by atoms with Crippen molar-refractivity contribution in [2.45, 2.75) is 46.5 Å². The third-order valence-electron chi connectivity index (χ3n) is 4.65. The Bertz CT molecular complexity index is 569. The molecule has 0 aliphatic carbocycles. The SMILES string of the molecule is Cc1ccccc1CCC(=O)N1CCCN(C(=O)CC(C)C)CC1. The third kappa shape index (κ3) is 5.36. The van der Waals surface area contributed by atoms with Gasteiger partial charge in [-0.15, -0.1) is 0 Å². The number of hydrogen-bond acceptors (Lipinski definition) is 2. The number of carbonyl (C=O) groups is 2. The number of rotatable bonds is 5. The van der Waals surface area contributed by atoms with Gasteiger partial charge in [-0.25, -0.2) is 0 Å². The molecule has 1 aliphatic heterocycles. The molecule has 1 aromatic carbocycles. The molecule has 0 spiro atoms. The fourth-order valence-corrected chi connectivity index (χ4v) is 3.18. The van der Waals surface area contributed by atoms with Gasteiger partial charge in [0.15, 0.2) is 0 Å². The summed E-state index contributed by atoms with van der Waals surface area (Å²) in [6.07, 6.45) is 2.81. The highest BCUT2D eigenvalue weighted by Crippen LogP contribution is 2.13. The molecule has 1 heterocycles. The van der Waals surface area contributed by atoms with E-state index in [9.17, 15) is 9.59 Å². The summed E-state index contributed by atoms with van der Waals surface area (Å²) in [5, 5.41) is 0. The fourth-order valence-electron chi connectivity index (χ4n) is 3.18. The molecule has 0 atom stereocenters. The lowest BCUT2D eigenvalue weighted by Crippen LogP contribution is -2.37. The molecule has 1 aromatic rings. The second-order valence-corrected chi connectivity index (χ2v) is 7.14. The molecule has 0 aromatic heterocycles. The monoisotopic (exact) mass is 330 g/mol. The summed E-state index contributed by atoms with van der Waals surface area (Å²) in [6, 6.07) is 8.23. The van der Waals surface area contributed by atoms with E-state index in [4.69, 9.17) is 0 Å². The van der Waals surface area contributed by atoms with Crippen LogP contribution in [-0.4, -0.2) is 47.8 Å². The normalized spacial score (nSPS) is 15.5. The molecule has 4 heteroatoms. The standard InChI is InChI=1S/C20H30N2O2/c1-16(2)15-20(24)22-12-6-11-21(13-14-22)19(23)10-9-18-8-5-4-7-17(18)3/h4-5,7-8,16H,6,9-15H2,1-3H3. The number of hydrogen-bond donors (Lipinski definition) is 0. The van der Waals surface area contributed by atoms with Crippen LogP contribution in [0.1, 0.15) is 44.2 Å². The Morgan fingerprint density at radius 1 is 1.00 bits per heavy atom. The van der Waals surface area contributed by atoms with Crippen molar-refractivity contribution in [3.63, 3.8) is 0 Å². The van der Waals surface area contributed by atoms with Crippen molar-refractivity contribution in [3.05, 3.63) is 35.4 Å². The largest absolute Gasteiger partial charge is 0.341 e. The second-order valence-electron chi connectivity index (χ2n) is 7.14. The maximum absolute atomic E-state index is 12.5. The first-order valence-corrected chi connectivity index (χ1v) is 9.07. The topological polar surface area (TPSA) is 40.6 Å². The molecule has 2 amide bonds. The summed E-state index contributed by atoms with van der Waals surface area (Å²) < 4.78 is 0. The minimum Gasteiger partial charge on any atom is -0.341 e. The molecule has 0 N–H and O–H groups in total. The van der Waals surface area contributed by atoms with Crippen molar-refractivity contribution in [3.8, 4) is 0 Å². The van der Waals surface area contributed by atoms with Gasteiger partial charge in [-0.3, -0.25) is 9.59 Å². The van der Waals surface area contributed by atoms with E-state index in [0.717, 1.165) is 25.9 Å². The lowest BCUT2D eigenvalue weighted by molar-refractivity contribution is -0.134. The predicted molar refractivity (Wildman–Crippen MR) is 96.7 cm³/mol. The average Bonchev–Trinajstić information content (AvgIpc) is 2.79. The quantitative estimate of drug-likeness (QED) is 0.832. The Balaban J connectivity index is 1.83. The van der Waals surface area contributed by atoms with Crippen LogP contribution in [0.25, 0.3) is 0 Å². The van der Waals surface area contributed by atoms with Crippen molar-refractivity contribution in [1.29, 1.82) is 0 Å². The molecular formula is C20H30N2O2. The van der Waals surface area contributed by atoms with Crippen LogP contribution < -0.4 is 0 Å². The van der Waals surface area contributed by atoms with Crippen molar-refractivity contribution >= 4 is 11.8 Å². The van der Waals surface area contributed by atoms with Gasteiger partial charge in [-0.2, -0.15) is 0 Å². The number of carbonyl (C=O) groups excluding carboxylic acids is 2. The molecule has 1 saturated heterocycles. The number of nitrogens with zero attached hydrogens (tertiary/aromatic N) is 2. The lowest BCUT2D eigenvalue weighted by atomic mass is 10.0. The van der Waals surface area contributed by atoms with Crippen LogP contribution in [0.5, 0.6) is 0 Å². The van der Waals surface area contributed by atoms with Gasteiger partial charge >= 0.3 is 0 Å². The summed E-state index contributed by atoms with van der Waals surface area (Å²) in [6.45, 7) is 9.08. The molecular weight excluding hydrogens is 300 g/mol. The van der Waals surface area contributed by atoms with Crippen molar-refractivity contribution in [1.82, 2.24) is 9.80 Å². The summed E-state index contributed by atoms with van der Waals surface area (Å²) in [5.41, 5.74) is 2.49. The molecule has 132 valence electrons. The molecule has 1 aliphatic rings. The molecule has 24 heavy (non-hydrogen) atoms. The Morgan fingerprint density at radius 2 is 1.62 bits per heavy atom. The van der Waals surface area contributed by atoms with Crippen LogP contribution >= 0.6 is 0 Å². The maximum atomic E-state index is 12.5. The van der Waals surface area contributed by atoms with Gasteiger partial charge in [0.25, 0.3) is 0 Å². The minimum absolute atomic E-state index is 0.205. The van der Waals surface area contributed by atoms with E-state index in [-0.39, 0.29) is 11.8 Å². The summed E-state index contributed by atoms with van der Waals surface area (Å²) in [4.78, 5) is 28.6. The van der Waals surface area contributed by atoms with E-state index >= 15 is 0 Å². The van der Waals surface area contributed by atoms with Crippen LogP contribution in [-0.2, 0) is 16.0 Å².